The second kappa shape index (κ2) is 8.12. The van der Waals surface area contributed by atoms with Crippen molar-refractivity contribution in [1.82, 2.24) is 10.2 Å². The fourth-order valence-electron chi connectivity index (χ4n) is 2.56. The molecule has 0 radical (unpaired) electrons. The summed E-state index contributed by atoms with van der Waals surface area (Å²) in [5.74, 6) is 0.121. The van der Waals surface area contributed by atoms with Crippen LogP contribution in [0.15, 0.2) is 30.3 Å². The summed E-state index contributed by atoms with van der Waals surface area (Å²) in [6.45, 7) is 2.48. The van der Waals surface area contributed by atoms with Gasteiger partial charge in [-0.1, -0.05) is 30.3 Å². The van der Waals surface area contributed by atoms with E-state index >= 15 is 0 Å². The van der Waals surface area contributed by atoms with E-state index in [0.29, 0.717) is 19.7 Å². The number of nitrogens with one attached hydrogen (secondary N) is 1. The molecule has 116 valence electrons. The van der Waals surface area contributed by atoms with Gasteiger partial charge in [0, 0.05) is 33.9 Å². The molecule has 0 aliphatic carbocycles. The van der Waals surface area contributed by atoms with Crippen LogP contribution in [0.5, 0.6) is 0 Å². The van der Waals surface area contributed by atoms with Crippen LogP contribution in [0, 0.1) is 0 Å². The molecule has 1 saturated heterocycles. The molecule has 0 aromatic heterocycles. The van der Waals surface area contributed by atoms with Crippen molar-refractivity contribution >= 4 is 5.91 Å². The first-order valence-electron chi connectivity index (χ1n) is 7.32. The van der Waals surface area contributed by atoms with E-state index in [0.717, 1.165) is 18.5 Å². The van der Waals surface area contributed by atoms with Gasteiger partial charge in [0.2, 0.25) is 5.91 Å². The highest BCUT2D eigenvalue weighted by Gasteiger charge is 2.32. The number of rotatable bonds is 7. The van der Waals surface area contributed by atoms with Gasteiger partial charge in [0.05, 0.1) is 18.8 Å². The Labute approximate surface area is 126 Å². The van der Waals surface area contributed by atoms with Crippen LogP contribution in [0.3, 0.4) is 0 Å². The highest BCUT2D eigenvalue weighted by Crippen LogP contribution is 2.14. The van der Waals surface area contributed by atoms with Crippen LogP contribution < -0.4 is 5.32 Å². The lowest BCUT2D eigenvalue weighted by Gasteiger charge is -2.25. The average molecular weight is 292 g/mol. The first-order valence-corrected chi connectivity index (χ1v) is 7.32. The zero-order valence-corrected chi connectivity index (χ0v) is 12.7. The Morgan fingerprint density at radius 1 is 1.33 bits per heavy atom. The minimum absolute atomic E-state index is 0.121. The van der Waals surface area contributed by atoms with Gasteiger partial charge in [-0.25, -0.2) is 0 Å². The maximum Gasteiger partial charge on any atom is 0.240 e. The van der Waals surface area contributed by atoms with Gasteiger partial charge in [0.25, 0.3) is 0 Å². The molecule has 0 spiro atoms. The molecule has 5 heteroatoms. The van der Waals surface area contributed by atoms with Crippen LogP contribution in [0.25, 0.3) is 0 Å². The van der Waals surface area contributed by atoms with Crippen LogP contribution >= 0.6 is 0 Å². The predicted octanol–water partition coefficient (Wildman–Crippen LogP) is 1.04. The van der Waals surface area contributed by atoms with Gasteiger partial charge in [0.15, 0.2) is 0 Å². The highest BCUT2D eigenvalue weighted by atomic mass is 16.5. The molecular formula is C16H24N2O3. The number of methoxy groups -OCH3 is 2. The Bertz CT molecular complexity index is 438. The number of amides is 1. The van der Waals surface area contributed by atoms with Crippen LogP contribution in [-0.4, -0.2) is 56.9 Å². The third kappa shape index (κ3) is 4.52. The average Bonchev–Trinajstić information content (AvgIpc) is 3.00. The van der Waals surface area contributed by atoms with E-state index in [2.05, 4.69) is 5.32 Å². The summed E-state index contributed by atoms with van der Waals surface area (Å²) in [5, 5.41) is 3.24. The standard InChI is InChI=1S/C16H24N2O3/c1-20-9-8-18(12-13-6-4-3-5-7-13)16(19)15-10-14(21-2)11-17-15/h3-7,14-15,17H,8-12H2,1-2H3. The molecule has 1 fully saturated rings. The third-order valence-electron chi connectivity index (χ3n) is 3.82. The molecule has 21 heavy (non-hydrogen) atoms. The SMILES string of the molecule is COCCN(Cc1ccccc1)C(=O)C1CC(OC)CN1. The van der Waals surface area contributed by atoms with E-state index < -0.39 is 0 Å². The maximum atomic E-state index is 12.7. The molecule has 0 saturated carbocycles. The Morgan fingerprint density at radius 2 is 2.10 bits per heavy atom. The first kappa shape index (κ1) is 15.9. The lowest BCUT2D eigenvalue weighted by Crippen LogP contribution is -2.44. The minimum atomic E-state index is -0.157. The van der Waals surface area contributed by atoms with Gasteiger partial charge >= 0.3 is 0 Å². The molecule has 2 rings (SSSR count). The third-order valence-corrected chi connectivity index (χ3v) is 3.82. The smallest absolute Gasteiger partial charge is 0.240 e. The molecule has 0 bridgehead atoms. The normalized spacial score (nSPS) is 21.4. The fraction of sp³-hybridized carbons (Fsp3) is 0.562. The van der Waals surface area contributed by atoms with E-state index in [1.165, 1.54) is 0 Å². The summed E-state index contributed by atoms with van der Waals surface area (Å²) in [4.78, 5) is 14.5. The number of nitrogens with zero attached hydrogens (tertiary/aromatic N) is 1. The second-order valence-electron chi connectivity index (χ2n) is 5.29. The Kier molecular flexibility index (Phi) is 6.17. The quantitative estimate of drug-likeness (QED) is 0.816. The van der Waals surface area contributed by atoms with Crippen molar-refractivity contribution in [2.75, 3.05) is 33.9 Å². The Hall–Kier alpha value is -1.43. The summed E-state index contributed by atoms with van der Waals surface area (Å²) >= 11 is 0. The Balaban J connectivity index is 1.99. The summed E-state index contributed by atoms with van der Waals surface area (Å²) in [6.07, 6.45) is 0.855. The number of hydrogen-bond donors (Lipinski definition) is 1. The van der Waals surface area contributed by atoms with E-state index in [1.807, 2.05) is 35.2 Å². The van der Waals surface area contributed by atoms with E-state index in [9.17, 15) is 4.79 Å². The Morgan fingerprint density at radius 3 is 2.71 bits per heavy atom. The van der Waals surface area contributed by atoms with Crippen molar-refractivity contribution in [3.05, 3.63) is 35.9 Å². The lowest BCUT2D eigenvalue weighted by atomic mass is 10.1. The zero-order valence-electron chi connectivity index (χ0n) is 12.7. The molecule has 5 nitrogen and oxygen atoms in total. The van der Waals surface area contributed by atoms with Gasteiger partial charge in [-0.3, -0.25) is 4.79 Å². The minimum Gasteiger partial charge on any atom is -0.383 e. The van der Waals surface area contributed by atoms with Crippen molar-refractivity contribution in [3.63, 3.8) is 0 Å². The van der Waals surface area contributed by atoms with Gasteiger partial charge in [-0.2, -0.15) is 0 Å². The summed E-state index contributed by atoms with van der Waals surface area (Å²) in [7, 11) is 3.34. The molecule has 2 atom stereocenters. The summed E-state index contributed by atoms with van der Waals surface area (Å²) < 4.78 is 10.4. The number of carbonyl (C=O) groups is 1. The fourth-order valence-corrected chi connectivity index (χ4v) is 2.56. The molecule has 1 aliphatic rings. The highest BCUT2D eigenvalue weighted by molar-refractivity contribution is 5.82. The molecule has 2 unspecified atom stereocenters. The van der Waals surface area contributed by atoms with Crippen LogP contribution in [0.4, 0.5) is 0 Å². The molecule has 1 aliphatic heterocycles. The lowest BCUT2D eigenvalue weighted by molar-refractivity contribution is -0.134. The van der Waals surface area contributed by atoms with Crippen LogP contribution in [0.2, 0.25) is 0 Å². The monoisotopic (exact) mass is 292 g/mol. The maximum absolute atomic E-state index is 12.7. The summed E-state index contributed by atoms with van der Waals surface area (Å²) in [6, 6.07) is 9.87. The van der Waals surface area contributed by atoms with E-state index in [-0.39, 0.29) is 18.1 Å². The largest absolute Gasteiger partial charge is 0.383 e. The molecular weight excluding hydrogens is 268 g/mol. The van der Waals surface area contributed by atoms with Crippen molar-refractivity contribution in [1.29, 1.82) is 0 Å². The van der Waals surface area contributed by atoms with E-state index in [4.69, 9.17) is 9.47 Å². The van der Waals surface area contributed by atoms with Crippen molar-refractivity contribution < 1.29 is 14.3 Å². The van der Waals surface area contributed by atoms with Crippen LogP contribution in [-0.2, 0) is 20.8 Å². The number of benzene rings is 1. The summed E-state index contributed by atoms with van der Waals surface area (Å²) in [5.41, 5.74) is 1.13. The number of carbonyl (C=O) groups excluding carboxylic acids is 1. The number of hydrogen-bond acceptors (Lipinski definition) is 4. The first-order chi connectivity index (χ1) is 10.2. The predicted molar refractivity (Wildman–Crippen MR) is 80.9 cm³/mol. The topological polar surface area (TPSA) is 50.8 Å². The second-order valence-corrected chi connectivity index (χ2v) is 5.29. The number of ether oxygens (including phenoxy) is 2. The van der Waals surface area contributed by atoms with Gasteiger partial charge in [-0.05, 0) is 12.0 Å². The molecule has 1 amide bonds. The van der Waals surface area contributed by atoms with Gasteiger partial charge in [0.1, 0.15) is 0 Å². The van der Waals surface area contributed by atoms with Crippen molar-refractivity contribution in [2.24, 2.45) is 0 Å². The van der Waals surface area contributed by atoms with Crippen molar-refractivity contribution in [2.45, 2.75) is 25.1 Å². The molecule has 1 heterocycles. The van der Waals surface area contributed by atoms with Crippen molar-refractivity contribution in [3.8, 4) is 0 Å². The molecule has 1 N–H and O–H groups in total. The molecule has 1 aromatic rings. The van der Waals surface area contributed by atoms with Crippen LogP contribution in [0.1, 0.15) is 12.0 Å². The van der Waals surface area contributed by atoms with E-state index in [1.54, 1.807) is 14.2 Å². The molecule has 1 aromatic carbocycles. The zero-order chi connectivity index (χ0) is 15.1. The van der Waals surface area contributed by atoms with Gasteiger partial charge < -0.3 is 19.7 Å². The van der Waals surface area contributed by atoms with Gasteiger partial charge in [-0.15, -0.1) is 0 Å².